The Morgan fingerprint density at radius 3 is 1.63 bits per heavy atom. The normalized spacial score (nSPS) is 16.2. The summed E-state index contributed by atoms with van der Waals surface area (Å²) in [6.45, 7) is 1.24. The lowest BCUT2D eigenvalue weighted by molar-refractivity contribution is -0.171. The third kappa shape index (κ3) is 7.29. The molecular weight excluding hydrogens is 648 g/mol. The number of amides is 4. The van der Waals surface area contributed by atoms with E-state index in [4.69, 9.17) is 20.9 Å². The highest BCUT2D eigenvalue weighted by Gasteiger charge is 2.34. The number of benzene rings is 5. The fourth-order valence-electron chi connectivity index (χ4n) is 6.46. The summed E-state index contributed by atoms with van der Waals surface area (Å²) < 4.78 is 11.2. The van der Waals surface area contributed by atoms with Gasteiger partial charge in [0.25, 0.3) is 0 Å². The number of carbonyl (C=O) groups excluding carboxylic acids is 4. The third-order valence-electron chi connectivity index (χ3n) is 8.64. The average molecular weight is 685 g/mol. The Hall–Kier alpha value is -6.46. The summed E-state index contributed by atoms with van der Waals surface area (Å²) >= 11 is 0. The van der Waals surface area contributed by atoms with Crippen LogP contribution in [0.15, 0.2) is 127 Å². The summed E-state index contributed by atoms with van der Waals surface area (Å²) in [5.74, 6) is -1.29. The van der Waals surface area contributed by atoms with E-state index in [0.717, 1.165) is 22.4 Å². The molecule has 0 bridgehead atoms. The third-order valence-corrected chi connectivity index (χ3v) is 8.64. The fourth-order valence-corrected chi connectivity index (χ4v) is 6.46. The average Bonchev–Trinajstić information content (AvgIpc) is 3.35. The van der Waals surface area contributed by atoms with Gasteiger partial charge in [0.15, 0.2) is 0 Å². The standard InChI is InChI=1S/C25H22N2O5.C15H14N2O2/c1-16(28)31-23(17-9-3-2-4-10-17)24(29)32-22-15-18-11-5-7-13-20(18)27(25(26)30)21-14-8-6-12-19(21)22;16-15(19)17-12-7-3-1-5-10(12)9-14(18)11-6-2-4-8-13(11)17/h2-14,22-23H,15H2,1H3,(H2,26,30);1-8,14,18H,9H2,(H2,16,19)/t22-,23+;/m0./s1. The maximum Gasteiger partial charge on any atom is 0.352 e. The molecule has 0 aromatic heterocycles. The van der Waals surface area contributed by atoms with Gasteiger partial charge in [-0.2, -0.15) is 0 Å². The van der Waals surface area contributed by atoms with Gasteiger partial charge >= 0.3 is 24.0 Å². The Bertz CT molecular complexity index is 2090. The van der Waals surface area contributed by atoms with Gasteiger partial charge in [-0.1, -0.05) is 103 Å². The summed E-state index contributed by atoms with van der Waals surface area (Å²) in [5, 5.41) is 10.3. The lowest BCUT2D eigenvalue weighted by Crippen LogP contribution is -2.32. The van der Waals surface area contributed by atoms with Gasteiger partial charge in [-0.15, -0.1) is 0 Å². The first-order valence-electron chi connectivity index (χ1n) is 16.3. The molecule has 2 aliphatic heterocycles. The van der Waals surface area contributed by atoms with Crippen molar-refractivity contribution in [3.8, 4) is 0 Å². The zero-order chi connectivity index (χ0) is 36.1. The number of anilines is 4. The van der Waals surface area contributed by atoms with Gasteiger partial charge < -0.3 is 26.0 Å². The van der Waals surface area contributed by atoms with Gasteiger partial charge in [-0.05, 0) is 35.4 Å². The van der Waals surface area contributed by atoms with Crippen molar-refractivity contribution in [2.45, 2.75) is 38.1 Å². The van der Waals surface area contributed by atoms with Crippen LogP contribution in [0.1, 0.15) is 53.1 Å². The van der Waals surface area contributed by atoms with E-state index in [-0.39, 0.29) is 0 Å². The molecule has 0 saturated carbocycles. The Labute approximate surface area is 294 Å². The SMILES string of the molecule is CC(=O)O[C@@H](C(=O)O[C@H]1Cc2ccccc2N(C(N)=O)c2ccccc21)c1ccccc1.NC(=O)N1c2ccccc2CC(O)c2ccccc21. The van der Waals surface area contributed by atoms with Crippen LogP contribution in [0, 0.1) is 0 Å². The van der Waals surface area contributed by atoms with Crippen LogP contribution in [0.4, 0.5) is 32.3 Å². The van der Waals surface area contributed by atoms with Gasteiger partial charge in [-0.3, -0.25) is 14.6 Å². The van der Waals surface area contributed by atoms with Crippen molar-refractivity contribution >= 4 is 46.8 Å². The Morgan fingerprint density at radius 2 is 1.08 bits per heavy atom. The van der Waals surface area contributed by atoms with Gasteiger partial charge in [0.1, 0.15) is 6.10 Å². The number of carbonyl (C=O) groups is 4. The van der Waals surface area contributed by atoms with Gasteiger partial charge in [0.05, 0.1) is 28.9 Å². The number of primary amides is 2. The predicted octanol–water partition coefficient (Wildman–Crippen LogP) is 6.84. The molecule has 4 amide bonds. The molecule has 2 heterocycles. The number of aliphatic hydroxyl groups is 1. The van der Waals surface area contributed by atoms with Crippen LogP contribution in [0.25, 0.3) is 0 Å². The maximum atomic E-state index is 13.2. The fraction of sp³-hybridized carbons (Fsp3) is 0.150. The summed E-state index contributed by atoms with van der Waals surface area (Å²) in [7, 11) is 0. The van der Waals surface area contributed by atoms with E-state index < -0.39 is 42.3 Å². The van der Waals surface area contributed by atoms with Gasteiger partial charge in [0, 0.05) is 36.5 Å². The first-order chi connectivity index (χ1) is 24.6. The molecule has 2 aliphatic rings. The molecule has 0 aliphatic carbocycles. The van der Waals surface area contributed by atoms with Crippen molar-refractivity contribution in [3.05, 3.63) is 155 Å². The van der Waals surface area contributed by atoms with Crippen LogP contribution in [0.5, 0.6) is 0 Å². The van der Waals surface area contributed by atoms with E-state index in [9.17, 15) is 24.3 Å². The second kappa shape index (κ2) is 15.0. The minimum Gasteiger partial charge on any atom is -0.454 e. The number of rotatable bonds is 4. The largest absolute Gasteiger partial charge is 0.454 e. The van der Waals surface area contributed by atoms with Crippen LogP contribution in [0.3, 0.4) is 0 Å². The van der Waals surface area contributed by atoms with Crippen molar-refractivity contribution in [1.29, 1.82) is 0 Å². The molecule has 0 saturated heterocycles. The number of urea groups is 2. The number of esters is 2. The molecule has 51 heavy (non-hydrogen) atoms. The monoisotopic (exact) mass is 684 g/mol. The number of nitrogens with zero attached hydrogens (tertiary/aromatic N) is 2. The number of ether oxygens (including phenoxy) is 2. The lowest BCUT2D eigenvalue weighted by Gasteiger charge is -2.24. The molecule has 3 atom stereocenters. The van der Waals surface area contributed by atoms with Crippen LogP contribution in [-0.2, 0) is 31.9 Å². The van der Waals surface area contributed by atoms with E-state index in [1.54, 1.807) is 66.7 Å². The molecule has 5 aromatic rings. The topological polar surface area (TPSA) is 165 Å². The highest BCUT2D eigenvalue weighted by Crippen LogP contribution is 2.42. The summed E-state index contributed by atoms with van der Waals surface area (Å²) in [5.41, 5.74) is 17.3. The molecule has 5 aromatic carbocycles. The molecule has 5 N–H and O–H groups in total. The maximum absolute atomic E-state index is 13.2. The summed E-state index contributed by atoms with van der Waals surface area (Å²) in [6, 6.07) is 36.7. The number of fused-ring (bicyclic) bond motifs is 4. The molecule has 0 spiro atoms. The molecule has 1 unspecified atom stereocenters. The van der Waals surface area contributed by atoms with Gasteiger partial charge in [-0.25, -0.2) is 14.4 Å². The molecule has 7 rings (SSSR count). The Balaban J connectivity index is 0.000000200. The van der Waals surface area contributed by atoms with Crippen molar-refractivity contribution < 1.29 is 33.8 Å². The van der Waals surface area contributed by atoms with Gasteiger partial charge in [0.2, 0.25) is 6.10 Å². The van der Waals surface area contributed by atoms with Crippen molar-refractivity contribution in [2.75, 3.05) is 9.80 Å². The zero-order valence-electron chi connectivity index (χ0n) is 27.7. The van der Waals surface area contributed by atoms with Crippen LogP contribution >= 0.6 is 0 Å². The second-order valence-corrected chi connectivity index (χ2v) is 12.0. The van der Waals surface area contributed by atoms with E-state index >= 15 is 0 Å². The molecule has 0 fully saturated rings. The van der Waals surface area contributed by atoms with E-state index in [1.807, 2.05) is 60.7 Å². The lowest BCUT2D eigenvalue weighted by atomic mass is 10.0. The number of nitrogens with two attached hydrogens (primary N) is 2. The molecular formula is C40H36N4O7. The predicted molar refractivity (Wildman–Crippen MR) is 191 cm³/mol. The van der Waals surface area contributed by atoms with Crippen LogP contribution in [-0.4, -0.2) is 29.1 Å². The summed E-state index contributed by atoms with van der Waals surface area (Å²) in [4.78, 5) is 51.9. The smallest absolute Gasteiger partial charge is 0.352 e. The minimum absolute atomic E-state index is 0.324. The number of hydrogen-bond acceptors (Lipinski definition) is 7. The molecule has 258 valence electrons. The van der Waals surface area contributed by atoms with E-state index in [2.05, 4.69) is 0 Å². The van der Waals surface area contributed by atoms with E-state index in [1.165, 1.54) is 16.7 Å². The molecule has 11 heteroatoms. The molecule has 11 nitrogen and oxygen atoms in total. The first kappa shape index (κ1) is 34.4. The Morgan fingerprint density at radius 1 is 0.627 bits per heavy atom. The summed E-state index contributed by atoms with van der Waals surface area (Å²) in [6.07, 6.45) is -1.76. The van der Waals surface area contributed by atoms with Crippen molar-refractivity contribution in [3.63, 3.8) is 0 Å². The van der Waals surface area contributed by atoms with E-state index in [0.29, 0.717) is 41.0 Å². The quantitative estimate of drug-likeness (QED) is 0.174. The number of para-hydroxylation sites is 4. The molecule has 0 radical (unpaired) electrons. The van der Waals surface area contributed by atoms with Crippen LogP contribution in [0.2, 0.25) is 0 Å². The van der Waals surface area contributed by atoms with Crippen LogP contribution < -0.4 is 21.3 Å². The first-order valence-corrected chi connectivity index (χ1v) is 16.3. The highest BCUT2D eigenvalue weighted by atomic mass is 16.6. The Kier molecular flexibility index (Phi) is 10.1. The van der Waals surface area contributed by atoms with Crippen molar-refractivity contribution in [1.82, 2.24) is 0 Å². The number of hydrogen-bond donors (Lipinski definition) is 3. The highest BCUT2D eigenvalue weighted by molar-refractivity contribution is 6.01. The number of aliphatic hydroxyl groups excluding tert-OH is 1. The second-order valence-electron chi connectivity index (χ2n) is 12.0. The van der Waals surface area contributed by atoms with Crippen molar-refractivity contribution in [2.24, 2.45) is 11.5 Å². The minimum atomic E-state index is -1.20. The zero-order valence-corrected chi connectivity index (χ0v) is 27.7.